The number of nitrogens with zero attached hydrogens (tertiary/aromatic N) is 1. The zero-order valence-electron chi connectivity index (χ0n) is 13.1. The van der Waals surface area contributed by atoms with E-state index in [1.54, 1.807) is 17.5 Å². The summed E-state index contributed by atoms with van der Waals surface area (Å²) in [6.07, 6.45) is 7.31. The molecule has 0 amide bonds. The lowest BCUT2D eigenvalue weighted by atomic mass is 9.95. The molecule has 0 aromatic carbocycles. The maximum absolute atomic E-state index is 12.2. The molecule has 21 heavy (non-hydrogen) atoms. The minimum Gasteiger partial charge on any atom is -0.293 e. The van der Waals surface area contributed by atoms with Gasteiger partial charge in [-0.3, -0.25) is 9.78 Å². The first-order chi connectivity index (χ1) is 9.97. The summed E-state index contributed by atoms with van der Waals surface area (Å²) in [6.45, 7) is 6.54. The highest BCUT2D eigenvalue weighted by atomic mass is 32.1. The van der Waals surface area contributed by atoms with E-state index < -0.39 is 0 Å². The average molecular weight is 301 g/mol. The second kappa shape index (κ2) is 6.99. The Balaban J connectivity index is 1.78. The third kappa shape index (κ3) is 4.78. The Morgan fingerprint density at radius 3 is 2.62 bits per heavy atom. The molecule has 0 aliphatic rings. The van der Waals surface area contributed by atoms with Crippen LogP contribution in [0.2, 0.25) is 0 Å². The number of hydrogen-bond donors (Lipinski definition) is 0. The highest BCUT2D eigenvalue weighted by Crippen LogP contribution is 2.30. The summed E-state index contributed by atoms with van der Waals surface area (Å²) < 4.78 is 0. The zero-order valence-corrected chi connectivity index (χ0v) is 13.9. The lowest BCUT2D eigenvalue weighted by Crippen LogP contribution is -2.07. The van der Waals surface area contributed by atoms with E-state index in [0.29, 0.717) is 6.42 Å². The molecule has 2 rings (SSSR count). The van der Waals surface area contributed by atoms with Crippen molar-refractivity contribution < 1.29 is 4.79 Å². The normalized spacial score (nSPS) is 11.6. The Morgan fingerprint density at radius 1 is 1.19 bits per heavy atom. The van der Waals surface area contributed by atoms with E-state index in [0.717, 1.165) is 24.1 Å². The van der Waals surface area contributed by atoms with Gasteiger partial charge >= 0.3 is 0 Å². The molecule has 2 aromatic heterocycles. The maximum atomic E-state index is 12.2. The molecule has 0 N–H and O–H groups in total. The fourth-order valence-corrected chi connectivity index (χ4v) is 3.21. The van der Waals surface area contributed by atoms with Crippen molar-refractivity contribution in [3.8, 4) is 0 Å². The van der Waals surface area contributed by atoms with Crippen LogP contribution in [0.3, 0.4) is 0 Å². The number of Topliss-reactive ketones (excluding diaryl/α,β-unsaturated/α-hetero) is 1. The first kappa shape index (κ1) is 15.9. The summed E-state index contributed by atoms with van der Waals surface area (Å²) in [7, 11) is 0. The Kier molecular flexibility index (Phi) is 5.29. The molecule has 0 bridgehead atoms. The van der Waals surface area contributed by atoms with Crippen molar-refractivity contribution in [1.29, 1.82) is 0 Å². The summed E-state index contributed by atoms with van der Waals surface area (Å²) in [4.78, 5) is 18.5. The number of carbonyl (C=O) groups excluding carboxylic acids is 1. The number of carbonyl (C=O) groups is 1. The number of thiophene rings is 1. The fraction of sp³-hybridized carbons (Fsp3) is 0.444. The first-order valence-corrected chi connectivity index (χ1v) is 8.31. The number of aryl methyl sites for hydroxylation is 1. The van der Waals surface area contributed by atoms with E-state index in [9.17, 15) is 4.79 Å². The maximum Gasteiger partial charge on any atom is 0.172 e. The number of unbranched alkanes of at least 4 members (excludes halogenated alkanes) is 1. The summed E-state index contributed by atoms with van der Waals surface area (Å²) in [5.41, 5.74) is 1.37. The molecule has 2 nitrogen and oxygen atoms in total. The molecular formula is C18H23NOS. The minimum atomic E-state index is 0.128. The van der Waals surface area contributed by atoms with E-state index in [2.05, 4.69) is 37.9 Å². The molecule has 0 radical (unpaired) electrons. The SMILES string of the molecule is CC(C)(C)c1ccc(C(=O)CCCCc2cccnc2)s1. The van der Waals surface area contributed by atoms with Crippen LogP contribution in [-0.4, -0.2) is 10.8 Å². The molecule has 0 saturated heterocycles. The smallest absolute Gasteiger partial charge is 0.172 e. The van der Waals surface area contributed by atoms with E-state index >= 15 is 0 Å². The topological polar surface area (TPSA) is 30.0 Å². The van der Waals surface area contributed by atoms with Crippen LogP contribution in [0.1, 0.15) is 60.1 Å². The predicted octanol–water partition coefficient (Wildman–Crippen LogP) is 5.04. The van der Waals surface area contributed by atoms with Gasteiger partial charge in [0.15, 0.2) is 5.78 Å². The molecule has 2 aromatic rings. The predicted molar refractivity (Wildman–Crippen MR) is 89.1 cm³/mol. The number of pyridine rings is 1. The number of aromatic nitrogens is 1. The van der Waals surface area contributed by atoms with Gasteiger partial charge in [0, 0.05) is 23.7 Å². The highest BCUT2D eigenvalue weighted by molar-refractivity contribution is 7.14. The average Bonchev–Trinajstić information content (AvgIpc) is 2.94. The van der Waals surface area contributed by atoms with Crippen LogP contribution in [0.25, 0.3) is 0 Å². The third-order valence-corrected chi connectivity index (χ3v) is 5.01. The van der Waals surface area contributed by atoms with Gasteiger partial charge in [0.25, 0.3) is 0 Å². The summed E-state index contributed by atoms with van der Waals surface area (Å²) in [6, 6.07) is 8.12. The molecule has 0 aliphatic carbocycles. The van der Waals surface area contributed by atoms with E-state index in [1.807, 2.05) is 18.3 Å². The molecule has 0 aliphatic heterocycles. The highest BCUT2D eigenvalue weighted by Gasteiger charge is 2.18. The molecule has 0 fully saturated rings. The molecule has 0 spiro atoms. The summed E-state index contributed by atoms with van der Waals surface area (Å²) >= 11 is 1.64. The van der Waals surface area contributed by atoms with Gasteiger partial charge in [-0.25, -0.2) is 0 Å². The van der Waals surface area contributed by atoms with Crippen molar-refractivity contribution in [2.24, 2.45) is 0 Å². The molecule has 112 valence electrons. The quantitative estimate of drug-likeness (QED) is 0.553. The van der Waals surface area contributed by atoms with Gasteiger partial charge in [-0.15, -0.1) is 11.3 Å². The zero-order chi connectivity index (χ0) is 15.3. The van der Waals surface area contributed by atoms with Crippen LogP contribution >= 0.6 is 11.3 Å². The standard InChI is InChI=1S/C18H23NOS/c1-18(2,3)17-11-10-16(21-17)15(20)9-5-4-7-14-8-6-12-19-13-14/h6,8,10-13H,4-5,7,9H2,1-3H3. The second-order valence-corrected chi connectivity index (χ2v) is 7.49. The lowest BCUT2D eigenvalue weighted by molar-refractivity contribution is 0.0983. The van der Waals surface area contributed by atoms with Crippen molar-refractivity contribution in [2.75, 3.05) is 0 Å². The van der Waals surface area contributed by atoms with Gasteiger partial charge < -0.3 is 0 Å². The van der Waals surface area contributed by atoms with Gasteiger partial charge in [0.1, 0.15) is 0 Å². The van der Waals surface area contributed by atoms with Crippen LogP contribution in [0, 0.1) is 0 Å². The number of ketones is 1. The van der Waals surface area contributed by atoms with Gasteiger partial charge in [0.2, 0.25) is 0 Å². The van der Waals surface area contributed by atoms with Crippen LogP contribution in [0.15, 0.2) is 36.7 Å². The third-order valence-electron chi connectivity index (χ3n) is 3.46. The number of hydrogen-bond acceptors (Lipinski definition) is 3. The molecule has 0 unspecified atom stereocenters. The van der Waals surface area contributed by atoms with Crippen LogP contribution in [-0.2, 0) is 11.8 Å². The largest absolute Gasteiger partial charge is 0.293 e. The summed E-state index contributed by atoms with van der Waals surface area (Å²) in [5.74, 6) is 0.279. The van der Waals surface area contributed by atoms with Crippen molar-refractivity contribution in [2.45, 2.75) is 51.9 Å². The van der Waals surface area contributed by atoms with E-state index in [4.69, 9.17) is 0 Å². The molecule has 0 atom stereocenters. The van der Waals surface area contributed by atoms with Crippen molar-refractivity contribution in [1.82, 2.24) is 4.98 Å². The Bertz CT molecular complexity index is 581. The van der Waals surface area contributed by atoms with Crippen LogP contribution < -0.4 is 0 Å². The lowest BCUT2D eigenvalue weighted by Gasteiger charge is -2.15. The van der Waals surface area contributed by atoms with Gasteiger partial charge in [-0.2, -0.15) is 0 Å². The Morgan fingerprint density at radius 2 is 2.00 bits per heavy atom. The second-order valence-electron chi connectivity index (χ2n) is 6.41. The first-order valence-electron chi connectivity index (χ1n) is 7.49. The molecule has 0 saturated carbocycles. The van der Waals surface area contributed by atoms with E-state index in [-0.39, 0.29) is 11.2 Å². The van der Waals surface area contributed by atoms with Crippen LogP contribution in [0.5, 0.6) is 0 Å². The Labute approximate surface area is 131 Å². The summed E-state index contributed by atoms with van der Waals surface area (Å²) in [5, 5.41) is 0. The van der Waals surface area contributed by atoms with Crippen molar-refractivity contribution in [3.63, 3.8) is 0 Å². The molecule has 3 heteroatoms. The molecule has 2 heterocycles. The monoisotopic (exact) mass is 301 g/mol. The van der Waals surface area contributed by atoms with Crippen molar-refractivity contribution in [3.05, 3.63) is 52.0 Å². The van der Waals surface area contributed by atoms with Gasteiger partial charge in [-0.05, 0) is 48.4 Å². The Hall–Kier alpha value is -1.48. The van der Waals surface area contributed by atoms with Crippen LogP contribution in [0.4, 0.5) is 0 Å². The van der Waals surface area contributed by atoms with Gasteiger partial charge in [-0.1, -0.05) is 26.8 Å². The number of rotatable bonds is 6. The van der Waals surface area contributed by atoms with E-state index in [1.165, 1.54) is 10.4 Å². The fourth-order valence-electron chi connectivity index (χ4n) is 2.17. The van der Waals surface area contributed by atoms with Crippen molar-refractivity contribution >= 4 is 17.1 Å². The van der Waals surface area contributed by atoms with Gasteiger partial charge in [0.05, 0.1) is 4.88 Å². The molecular weight excluding hydrogens is 278 g/mol. The minimum absolute atomic E-state index is 0.128.